The third-order valence-corrected chi connectivity index (χ3v) is 6.80. The van der Waals surface area contributed by atoms with Crippen molar-refractivity contribution in [3.8, 4) is 5.75 Å². The molecule has 1 aromatic rings. The van der Waals surface area contributed by atoms with Crippen molar-refractivity contribution in [3.05, 3.63) is 29.3 Å². The van der Waals surface area contributed by atoms with Crippen LogP contribution in [-0.4, -0.2) is 44.3 Å². The van der Waals surface area contributed by atoms with Gasteiger partial charge in [-0.2, -0.15) is 0 Å². The first-order valence-electron chi connectivity index (χ1n) is 10.7. The van der Waals surface area contributed by atoms with Crippen LogP contribution in [0.3, 0.4) is 0 Å². The largest absolute Gasteiger partial charge is 0.530 e. The molecule has 7 heteroatoms. The fraction of sp³-hybridized carbons (Fsp3) is 0.714. The number of benzene rings is 1. The third-order valence-electron chi connectivity index (χ3n) is 5.23. The number of nitrogens with two attached hydrogens (primary N) is 1. The lowest BCUT2D eigenvalue weighted by Crippen LogP contribution is -2.34. The van der Waals surface area contributed by atoms with E-state index in [1.165, 1.54) is 0 Å². The molecule has 1 heterocycles. The smallest absolute Gasteiger partial charge is 0.404 e. The lowest BCUT2D eigenvalue weighted by Gasteiger charge is -2.33. The minimum Gasteiger partial charge on any atom is -0.404 e. The highest BCUT2D eigenvalue weighted by Gasteiger charge is 2.31. The van der Waals surface area contributed by atoms with Crippen LogP contribution >= 0.6 is 7.82 Å². The first kappa shape index (κ1) is 23.4. The van der Waals surface area contributed by atoms with Crippen molar-refractivity contribution in [1.82, 2.24) is 4.90 Å². The molecule has 0 unspecified atom stereocenters. The number of nitrogens with zero attached hydrogens (tertiary/aromatic N) is 1. The van der Waals surface area contributed by atoms with Crippen LogP contribution in [-0.2, 0) is 20.0 Å². The summed E-state index contributed by atoms with van der Waals surface area (Å²) in [5.74, 6) is 1.04. The van der Waals surface area contributed by atoms with Gasteiger partial charge >= 0.3 is 7.82 Å². The number of hydrogen-bond donors (Lipinski definition) is 1. The second-order valence-electron chi connectivity index (χ2n) is 7.21. The van der Waals surface area contributed by atoms with Gasteiger partial charge in [0.05, 0.1) is 13.2 Å². The fourth-order valence-corrected chi connectivity index (χ4v) is 4.90. The standard InChI is InChI=1S/C21H37N2O4P/c1-4-18-9-10-20(19-11-15-23(16-12-19)14-8-7-13-22)21(17-18)27-28(24,25-5-2)26-6-3/h9-10,17,19H,4-8,11-16,22H2,1-3H3. The summed E-state index contributed by atoms with van der Waals surface area (Å²) in [5.41, 5.74) is 7.86. The third kappa shape index (κ3) is 6.85. The van der Waals surface area contributed by atoms with Crippen LogP contribution < -0.4 is 10.3 Å². The number of piperidine rings is 1. The molecule has 0 aromatic heterocycles. The summed E-state index contributed by atoms with van der Waals surface area (Å²) >= 11 is 0. The predicted octanol–water partition coefficient (Wildman–Crippen LogP) is 4.73. The Morgan fingerprint density at radius 3 is 2.36 bits per heavy atom. The Morgan fingerprint density at radius 1 is 1.11 bits per heavy atom. The van der Waals surface area contributed by atoms with Crippen molar-refractivity contribution in [2.24, 2.45) is 5.73 Å². The van der Waals surface area contributed by atoms with E-state index < -0.39 is 7.82 Å². The number of aryl methyl sites for hydroxylation is 1. The van der Waals surface area contributed by atoms with Gasteiger partial charge in [0, 0.05) is 0 Å². The van der Waals surface area contributed by atoms with E-state index in [4.69, 9.17) is 19.3 Å². The van der Waals surface area contributed by atoms with Crippen LogP contribution in [0.15, 0.2) is 18.2 Å². The maximum absolute atomic E-state index is 12.9. The van der Waals surface area contributed by atoms with Crippen molar-refractivity contribution in [2.45, 2.75) is 58.8 Å². The highest BCUT2D eigenvalue weighted by molar-refractivity contribution is 7.48. The summed E-state index contributed by atoms with van der Waals surface area (Å²) in [7, 11) is -3.60. The summed E-state index contributed by atoms with van der Waals surface area (Å²) in [6, 6.07) is 6.26. The zero-order valence-corrected chi connectivity index (χ0v) is 18.6. The second-order valence-corrected chi connectivity index (χ2v) is 8.80. The van der Waals surface area contributed by atoms with E-state index >= 15 is 0 Å². The average Bonchev–Trinajstić information content (AvgIpc) is 2.69. The van der Waals surface area contributed by atoms with E-state index in [1.54, 1.807) is 13.8 Å². The van der Waals surface area contributed by atoms with Gasteiger partial charge in [0.2, 0.25) is 0 Å². The summed E-state index contributed by atoms with van der Waals surface area (Å²) in [6.45, 7) is 10.3. The van der Waals surface area contributed by atoms with Gasteiger partial charge in [-0.25, -0.2) is 4.57 Å². The molecule has 1 aliphatic rings. The fourth-order valence-electron chi connectivity index (χ4n) is 3.69. The quantitative estimate of drug-likeness (QED) is 0.395. The molecular formula is C21H37N2O4P. The normalized spacial score (nSPS) is 16.4. The van der Waals surface area contributed by atoms with Crippen LogP contribution in [0, 0.1) is 0 Å². The minimum atomic E-state index is -3.60. The first-order valence-corrected chi connectivity index (χ1v) is 12.1. The Labute approximate surface area is 170 Å². The Kier molecular flexibility index (Phi) is 9.96. The topological polar surface area (TPSA) is 74.0 Å². The Hall–Kier alpha value is -0.910. The zero-order chi connectivity index (χ0) is 20.4. The molecule has 2 N–H and O–H groups in total. The van der Waals surface area contributed by atoms with Crippen LogP contribution in [0.2, 0.25) is 0 Å². The summed E-state index contributed by atoms with van der Waals surface area (Å²) < 4.78 is 29.5. The molecule has 1 aromatic carbocycles. The summed E-state index contributed by atoms with van der Waals surface area (Å²) in [5, 5.41) is 0. The SMILES string of the molecule is CCOP(=O)(OCC)Oc1cc(CC)ccc1C1CCN(CCCCN)CC1. The van der Waals surface area contributed by atoms with Crippen LogP contribution in [0.4, 0.5) is 0 Å². The maximum Gasteiger partial charge on any atom is 0.530 e. The Balaban J connectivity index is 2.13. The van der Waals surface area contributed by atoms with Gasteiger partial charge in [0.15, 0.2) is 0 Å². The first-order chi connectivity index (χ1) is 13.5. The maximum atomic E-state index is 12.9. The van der Waals surface area contributed by atoms with E-state index in [2.05, 4.69) is 24.0 Å². The minimum absolute atomic E-state index is 0.279. The Bertz CT molecular complexity index is 623. The number of phosphoric ester groups is 1. The van der Waals surface area contributed by atoms with Crippen LogP contribution in [0.25, 0.3) is 0 Å². The Morgan fingerprint density at radius 2 is 1.79 bits per heavy atom. The van der Waals surface area contributed by atoms with Gasteiger partial charge in [0.25, 0.3) is 0 Å². The number of hydrogen-bond acceptors (Lipinski definition) is 6. The van der Waals surface area contributed by atoms with Crippen molar-refractivity contribution in [1.29, 1.82) is 0 Å². The number of rotatable bonds is 12. The highest BCUT2D eigenvalue weighted by atomic mass is 31.2. The molecule has 0 radical (unpaired) electrons. The number of unbranched alkanes of at least 4 members (excludes halogenated alkanes) is 1. The molecule has 0 atom stereocenters. The van der Waals surface area contributed by atoms with E-state index in [0.717, 1.165) is 69.4 Å². The number of phosphoric acid groups is 1. The lowest BCUT2D eigenvalue weighted by atomic mass is 9.88. The monoisotopic (exact) mass is 412 g/mol. The van der Waals surface area contributed by atoms with Gasteiger partial charge in [0.1, 0.15) is 5.75 Å². The zero-order valence-electron chi connectivity index (χ0n) is 17.7. The van der Waals surface area contributed by atoms with Gasteiger partial charge in [-0.3, -0.25) is 9.05 Å². The molecule has 0 bridgehead atoms. The van der Waals surface area contributed by atoms with Crippen molar-refractivity contribution < 1.29 is 18.1 Å². The average molecular weight is 413 g/mol. The molecule has 0 aliphatic carbocycles. The van der Waals surface area contributed by atoms with E-state index in [1.807, 2.05) is 6.07 Å². The number of likely N-dealkylation sites (tertiary alicyclic amines) is 1. The van der Waals surface area contributed by atoms with Gasteiger partial charge in [-0.05, 0) is 95.2 Å². The lowest BCUT2D eigenvalue weighted by molar-refractivity contribution is 0.166. The van der Waals surface area contributed by atoms with Gasteiger partial charge in [-0.15, -0.1) is 0 Å². The van der Waals surface area contributed by atoms with Crippen molar-refractivity contribution in [3.63, 3.8) is 0 Å². The molecule has 1 fully saturated rings. The van der Waals surface area contributed by atoms with Crippen LogP contribution in [0.5, 0.6) is 5.75 Å². The summed E-state index contributed by atoms with van der Waals surface area (Å²) in [4.78, 5) is 2.51. The summed E-state index contributed by atoms with van der Waals surface area (Å²) in [6.07, 6.45) is 5.27. The van der Waals surface area contributed by atoms with E-state index in [-0.39, 0.29) is 13.2 Å². The molecule has 160 valence electrons. The molecule has 2 rings (SSSR count). The predicted molar refractivity (Wildman–Crippen MR) is 114 cm³/mol. The molecule has 0 amide bonds. The highest BCUT2D eigenvalue weighted by Crippen LogP contribution is 2.51. The van der Waals surface area contributed by atoms with E-state index in [9.17, 15) is 4.57 Å². The molecule has 0 saturated carbocycles. The van der Waals surface area contributed by atoms with Crippen molar-refractivity contribution in [2.75, 3.05) is 39.4 Å². The van der Waals surface area contributed by atoms with E-state index in [0.29, 0.717) is 11.7 Å². The molecule has 6 nitrogen and oxygen atoms in total. The molecule has 1 aliphatic heterocycles. The van der Waals surface area contributed by atoms with Crippen LogP contribution in [0.1, 0.15) is 63.5 Å². The molecule has 1 saturated heterocycles. The molecule has 0 spiro atoms. The molecular weight excluding hydrogens is 375 g/mol. The molecule has 28 heavy (non-hydrogen) atoms. The second kappa shape index (κ2) is 11.9. The van der Waals surface area contributed by atoms with Crippen molar-refractivity contribution >= 4 is 7.82 Å². The van der Waals surface area contributed by atoms with Gasteiger partial charge in [-0.1, -0.05) is 19.1 Å². The van der Waals surface area contributed by atoms with Gasteiger partial charge < -0.3 is 15.2 Å².